The number of Topliss-reactive ketones (excluding diaryl/α,β-unsaturated/α-hetero) is 1. The van der Waals surface area contributed by atoms with Gasteiger partial charge in [0.2, 0.25) is 5.78 Å². The zero-order chi connectivity index (χ0) is 23.7. The molecule has 4 rings (SSSR count). The normalized spacial score (nSPS) is 12.2. The second-order valence-corrected chi connectivity index (χ2v) is 9.00. The molecule has 0 saturated heterocycles. The van der Waals surface area contributed by atoms with E-state index in [0.717, 1.165) is 5.39 Å². The van der Waals surface area contributed by atoms with E-state index in [4.69, 9.17) is 27.2 Å². The highest BCUT2D eigenvalue weighted by molar-refractivity contribution is 7.82. The highest BCUT2D eigenvalue weighted by atomic mass is 35.5. The Morgan fingerprint density at radius 3 is 2.58 bits per heavy atom. The van der Waals surface area contributed by atoms with Gasteiger partial charge in [-0.05, 0) is 53.2 Å². The molecule has 4 aromatic rings. The fraction of sp³-hybridized carbons (Fsp3) is 0.130. The average Bonchev–Trinajstić information content (AvgIpc) is 3.13. The van der Waals surface area contributed by atoms with Gasteiger partial charge in [-0.15, -0.1) is 0 Å². The SMILES string of the molecule is NC(=O)c1cc2cc(Cl)ccc2cc1OCC(=O)c1cn(CCS(N)=O)c2cc(F)ccc12. The van der Waals surface area contributed by atoms with Crippen LogP contribution in [-0.2, 0) is 17.5 Å². The Labute approximate surface area is 195 Å². The third-order valence-electron chi connectivity index (χ3n) is 5.20. The van der Waals surface area contributed by atoms with E-state index in [1.54, 1.807) is 41.1 Å². The van der Waals surface area contributed by atoms with Crippen molar-refractivity contribution in [3.63, 3.8) is 0 Å². The van der Waals surface area contributed by atoms with Crippen LogP contribution in [-0.4, -0.2) is 32.8 Å². The van der Waals surface area contributed by atoms with Crippen LogP contribution in [0.1, 0.15) is 20.7 Å². The van der Waals surface area contributed by atoms with Crippen molar-refractivity contribution in [1.29, 1.82) is 0 Å². The third-order valence-corrected chi connectivity index (χ3v) is 6.02. The summed E-state index contributed by atoms with van der Waals surface area (Å²) in [6.07, 6.45) is 1.56. The summed E-state index contributed by atoms with van der Waals surface area (Å²) in [6, 6.07) is 12.4. The summed E-state index contributed by atoms with van der Waals surface area (Å²) in [7, 11) is -1.54. The van der Waals surface area contributed by atoms with Crippen LogP contribution in [0.2, 0.25) is 5.02 Å². The summed E-state index contributed by atoms with van der Waals surface area (Å²) in [5, 5.41) is 7.83. The molecular weight excluding hydrogens is 469 g/mol. The lowest BCUT2D eigenvalue weighted by Crippen LogP contribution is -2.16. The van der Waals surface area contributed by atoms with Gasteiger partial charge in [0.05, 0.1) is 27.8 Å². The van der Waals surface area contributed by atoms with Gasteiger partial charge in [0.25, 0.3) is 5.91 Å². The monoisotopic (exact) mass is 487 g/mol. The van der Waals surface area contributed by atoms with Crippen LogP contribution in [0.3, 0.4) is 0 Å². The number of aryl methyl sites for hydroxylation is 1. The van der Waals surface area contributed by atoms with Gasteiger partial charge in [-0.3, -0.25) is 14.7 Å². The second-order valence-electron chi connectivity index (χ2n) is 7.40. The minimum Gasteiger partial charge on any atom is -0.485 e. The van der Waals surface area contributed by atoms with Gasteiger partial charge in [0.1, 0.15) is 11.6 Å². The van der Waals surface area contributed by atoms with E-state index in [9.17, 15) is 18.2 Å². The number of carbonyl (C=O) groups excluding carboxylic acids is 2. The number of fused-ring (bicyclic) bond motifs is 2. The van der Waals surface area contributed by atoms with Crippen molar-refractivity contribution in [2.75, 3.05) is 12.4 Å². The standard InChI is InChI=1S/C23H19ClFN3O4S/c24-15-2-1-13-9-22(18(23(26)30)8-14(13)7-15)32-12-21(29)19-11-28(5-6-33(27)31)20-10-16(25)3-4-17(19)20/h1-4,7-11H,5-6,12,27H2,(H2,26,30). The molecule has 0 spiro atoms. The predicted octanol–water partition coefficient (Wildman–Crippen LogP) is 3.57. The molecule has 4 N–H and O–H groups in total. The fourth-order valence-electron chi connectivity index (χ4n) is 3.64. The molecular formula is C23H19ClFN3O4S. The Hall–Kier alpha value is -3.27. The molecule has 0 aliphatic carbocycles. The van der Waals surface area contributed by atoms with E-state index in [2.05, 4.69) is 0 Å². The van der Waals surface area contributed by atoms with Crippen LogP contribution < -0.4 is 15.6 Å². The number of aromatic nitrogens is 1. The first-order chi connectivity index (χ1) is 15.7. The summed E-state index contributed by atoms with van der Waals surface area (Å²) >= 11 is 6.02. The van der Waals surface area contributed by atoms with Gasteiger partial charge in [-0.1, -0.05) is 17.7 Å². The quantitative estimate of drug-likeness (QED) is 0.369. The summed E-state index contributed by atoms with van der Waals surface area (Å²) in [5.74, 6) is -1.24. The number of halogens is 2. The number of nitrogens with zero attached hydrogens (tertiary/aromatic N) is 1. The van der Waals surface area contributed by atoms with Crippen molar-refractivity contribution in [2.45, 2.75) is 6.54 Å². The number of carbonyl (C=O) groups is 2. The van der Waals surface area contributed by atoms with Gasteiger partial charge >= 0.3 is 0 Å². The Morgan fingerprint density at radius 1 is 1.06 bits per heavy atom. The molecule has 0 bridgehead atoms. The molecule has 1 amide bonds. The van der Waals surface area contributed by atoms with E-state index < -0.39 is 22.7 Å². The summed E-state index contributed by atoms with van der Waals surface area (Å²) < 4.78 is 32.4. The minimum atomic E-state index is -1.54. The number of ether oxygens (including phenoxy) is 1. The predicted molar refractivity (Wildman–Crippen MR) is 126 cm³/mol. The topological polar surface area (TPSA) is 117 Å². The summed E-state index contributed by atoms with van der Waals surface area (Å²) in [5.41, 5.74) is 6.40. The first kappa shape index (κ1) is 22.9. The van der Waals surface area contributed by atoms with Crippen molar-refractivity contribution < 1.29 is 22.9 Å². The molecule has 0 aliphatic rings. The van der Waals surface area contributed by atoms with E-state index in [0.29, 0.717) is 26.9 Å². The van der Waals surface area contributed by atoms with Crippen molar-refractivity contribution in [3.8, 4) is 5.75 Å². The minimum absolute atomic E-state index is 0.118. The number of rotatable bonds is 8. The molecule has 7 nitrogen and oxygen atoms in total. The highest BCUT2D eigenvalue weighted by Gasteiger charge is 2.18. The highest BCUT2D eigenvalue weighted by Crippen LogP contribution is 2.29. The van der Waals surface area contributed by atoms with Crippen molar-refractivity contribution >= 4 is 56.0 Å². The molecule has 0 aliphatic heterocycles. The lowest BCUT2D eigenvalue weighted by Gasteiger charge is -2.11. The molecule has 33 heavy (non-hydrogen) atoms. The lowest BCUT2D eigenvalue weighted by atomic mass is 10.1. The average molecular weight is 488 g/mol. The van der Waals surface area contributed by atoms with E-state index >= 15 is 0 Å². The van der Waals surface area contributed by atoms with E-state index in [1.165, 1.54) is 18.2 Å². The smallest absolute Gasteiger partial charge is 0.252 e. The first-order valence-electron chi connectivity index (χ1n) is 9.83. The zero-order valence-corrected chi connectivity index (χ0v) is 18.8. The maximum absolute atomic E-state index is 13.8. The Kier molecular flexibility index (Phi) is 6.46. The second kappa shape index (κ2) is 9.30. The van der Waals surface area contributed by atoms with Gasteiger partial charge < -0.3 is 15.0 Å². The molecule has 1 heterocycles. The number of hydrogen-bond donors (Lipinski definition) is 2. The van der Waals surface area contributed by atoms with Crippen molar-refractivity contribution in [1.82, 2.24) is 4.57 Å². The van der Waals surface area contributed by atoms with Crippen LogP contribution in [0.25, 0.3) is 21.7 Å². The first-order valence-corrected chi connectivity index (χ1v) is 11.6. The fourth-order valence-corrected chi connectivity index (χ4v) is 4.20. The lowest BCUT2D eigenvalue weighted by molar-refractivity contribution is 0.0913. The molecule has 1 aromatic heterocycles. The van der Waals surface area contributed by atoms with Crippen LogP contribution in [0.4, 0.5) is 4.39 Å². The van der Waals surface area contributed by atoms with Crippen LogP contribution >= 0.6 is 11.6 Å². The molecule has 170 valence electrons. The summed E-state index contributed by atoms with van der Waals surface area (Å²) in [4.78, 5) is 25.0. The Balaban J connectivity index is 1.65. The molecule has 3 aromatic carbocycles. The van der Waals surface area contributed by atoms with Crippen LogP contribution in [0, 0.1) is 5.82 Å². The number of benzene rings is 3. The zero-order valence-electron chi connectivity index (χ0n) is 17.2. The number of hydrogen-bond acceptors (Lipinski definition) is 4. The largest absolute Gasteiger partial charge is 0.485 e. The van der Waals surface area contributed by atoms with Gasteiger partial charge in [-0.25, -0.2) is 8.60 Å². The molecule has 1 atom stereocenters. The summed E-state index contributed by atoms with van der Waals surface area (Å²) in [6.45, 7) is -0.130. The van der Waals surface area contributed by atoms with Crippen LogP contribution in [0.5, 0.6) is 5.75 Å². The number of nitrogens with two attached hydrogens (primary N) is 2. The molecule has 0 fully saturated rings. The van der Waals surface area contributed by atoms with E-state index in [-0.39, 0.29) is 36.0 Å². The molecule has 0 saturated carbocycles. The Morgan fingerprint density at radius 2 is 1.85 bits per heavy atom. The number of amides is 1. The van der Waals surface area contributed by atoms with E-state index in [1.807, 2.05) is 0 Å². The Bertz CT molecular complexity index is 1440. The van der Waals surface area contributed by atoms with Gasteiger partial charge in [0, 0.05) is 28.7 Å². The van der Waals surface area contributed by atoms with Gasteiger partial charge in [-0.2, -0.15) is 0 Å². The molecule has 0 radical (unpaired) electrons. The molecule has 1 unspecified atom stereocenters. The molecule has 10 heteroatoms. The van der Waals surface area contributed by atoms with Crippen molar-refractivity contribution in [3.05, 3.63) is 76.7 Å². The third kappa shape index (κ3) is 4.90. The number of ketones is 1. The van der Waals surface area contributed by atoms with Crippen molar-refractivity contribution in [2.24, 2.45) is 10.9 Å². The van der Waals surface area contributed by atoms with Gasteiger partial charge in [0.15, 0.2) is 6.61 Å². The maximum atomic E-state index is 13.8. The number of primary amides is 1. The van der Waals surface area contributed by atoms with Crippen LogP contribution in [0.15, 0.2) is 54.7 Å². The maximum Gasteiger partial charge on any atom is 0.252 e.